The Balaban J connectivity index is 2.60. The van der Waals surface area contributed by atoms with Crippen LogP contribution in [0, 0.1) is 0 Å². The second-order valence-electron chi connectivity index (χ2n) is 11.6. The summed E-state index contributed by atoms with van der Waals surface area (Å²) in [4.78, 5) is 0.138. The van der Waals surface area contributed by atoms with Gasteiger partial charge in [0.05, 0.1) is 4.90 Å². The normalized spacial score (nSPS) is 12.1. The van der Waals surface area contributed by atoms with Gasteiger partial charge in [0, 0.05) is 0 Å². The van der Waals surface area contributed by atoms with Gasteiger partial charge in [0.1, 0.15) is 0 Å². The van der Waals surface area contributed by atoms with Gasteiger partial charge in [-0.3, -0.25) is 4.55 Å². The van der Waals surface area contributed by atoms with Crippen LogP contribution in [0.1, 0.15) is 179 Å². The Hall–Kier alpha value is -0.870. The molecule has 0 amide bonds. The van der Waals surface area contributed by atoms with Crippen LogP contribution < -0.4 is 0 Å². The van der Waals surface area contributed by atoms with Gasteiger partial charge >= 0.3 is 0 Å². The topological polar surface area (TPSA) is 54.4 Å². The van der Waals surface area contributed by atoms with E-state index in [1.165, 1.54) is 120 Å². The van der Waals surface area contributed by atoms with Gasteiger partial charge in [-0.25, -0.2) is 0 Å². The first-order valence-corrected chi connectivity index (χ1v) is 17.4. The third-order valence-electron chi connectivity index (χ3n) is 7.84. The monoisotopic (exact) mass is 536 g/mol. The number of rotatable bonds is 24. The SMILES string of the molecule is CCCCCCCCCCCCc1ccc(S(=O)(=O)O)c(CCCCCCCCCCCC)c1C(C)C. The minimum Gasteiger partial charge on any atom is -0.282 e. The van der Waals surface area contributed by atoms with Crippen molar-refractivity contribution in [2.24, 2.45) is 0 Å². The predicted octanol–water partition coefficient (Wildman–Crippen LogP) is 11.0. The van der Waals surface area contributed by atoms with Crippen molar-refractivity contribution in [1.29, 1.82) is 0 Å². The Morgan fingerprint density at radius 3 is 1.35 bits per heavy atom. The number of benzene rings is 1. The van der Waals surface area contributed by atoms with E-state index in [2.05, 4.69) is 27.7 Å². The van der Waals surface area contributed by atoms with E-state index < -0.39 is 10.1 Å². The molecule has 0 heterocycles. The molecule has 0 saturated heterocycles. The molecule has 0 fully saturated rings. The van der Waals surface area contributed by atoms with Crippen LogP contribution in [-0.4, -0.2) is 13.0 Å². The predicted molar refractivity (Wildman–Crippen MR) is 161 cm³/mol. The fraction of sp³-hybridized carbons (Fsp3) is 0.818. The third kappa shape index (κ3) is 15.3. The summed E-state index contributed by atoms with van der Waals surface area (Å²) in [5, 5.41) is 0. The molecule has 1 rings (SSSR count). The quantitative estimate of drug-likeness (QED) is 0.106. The zero-order chi connectivity index (χ0) is 27.4. The lowest BCUT2D eigenvalue weighted by Gasteiger charge is -2.21. The van der Waals surface area contributed by atoms with Crippen LogP contribution in [0.3, 0.4) is 0 Å². The maximum absolute atomic E-state index is 12.2. The summed E-state index contributed by atoms with van der Waals surface area (Å²) >= 11 is 0. The van der Waals surface area contributed by atoms with Gasteiger partial charge in [0.15, 0.2) is 0 Å². The molecule has 0 aliphatic rings. The summed E-state index contributed by atoms with van der Waals surface area (Å²) in [6.45, 7) is 8.84. The molecule has 1 aromatic carbocycles. The Morgan fingerprint density at radius 2 is 0.973 bits per heavy atom. The van der Waals surface area contributed by atoms with Crippen LogP contribution >= 0.6 is 0 Å². The molecule has 0 aromatic heterocycles. The van der Waals surface area contributed by atoms with Gasteiger partial charge in [-0.05, 0) is 54.4 Å². The van der Waals surface area contributed by atoms with Gasteiger partial charge in [0.25, 0.3) is 10.1 Å². The first-order valence-electron chi connectivity index (χ1n) is 15.9. The van der Waals surface area contributed by atoms with Crippen LogP contribution in [-0.2, 0) is 23.0 Å². The number of hydrogen-bond acceptors (Lipinski definition) is 2. The van der Waals surface area contributed by atoms with E-state index in [0.29, 0.717) is 0 Å². The van der Waals surface area contributed by atoms with E-state index in [1.807, 2.05) is 6.07 Å². The zero-order valence-corrected chi connectivity index (χ0v) is 25.8. The van der Waals surface area contributed by atoms with E-state index in [-0.39, 0.29) is 10.8 Å². The molecule has 3 nitrogen and oxygen atoms in total. The molecule has 0 unspecified atom stereocenters. The summed E-state index contributed by atoms with van der Waals surface area (Å²) in [6.07, 6.45) is 27.5. The van der Waals surface area contributed by atoms with E-state index in [0.717, 1.165) is 37.7 Å². The van der Waals surface area contributed by atoms with Crippen molar-refractivity contribution < 1.29 is 13.0 Å². The Bertz CT molecular complexity index is 798. The average Bonchev–Trinajstić information content (AvgIpc) is 2.85. The lowest BCUT2D eigenvalue weighted by molar-refractivity contribution is 0.481. The highest BCUT2D eigenvalue weighted by molar-refractivity contribution is 7.85. The molecule has 216 valence electrons. The van der Waals surface area contributed by atoms with Gasteiger partial charge in [0.2, 0.25) is 0 Å². The van der Waals surface area contributed by atoms with Crippen LogP contribution in [0.4, 0.5) is 0 Å². The molecule has 0 saturated carbocycles. The Labute approximate surface area is 231 Å². The summed E-state index contributed by atoms with van der Waals surface area (Å²) in [5.41, 5.74) is 3.33. The smallest absolute Gasteiger partial charge is 0.282 e. The second kappa shape index (κ2) is 21.0. The number of aryl methyl sites for hydroxylation is 1. The first kappa shape index (κ1) is 34.2. The standard InChI is InChI=1S/C33H60O3S/c1-5-7-9-11-13-15-17-19-21-23-25-30-27-28-32(37(34,35)36)31(33(30)29(3)4)26-24-22-20-18-16-14-12-10-8-6-2/h27-29H,5-26H2,1-4H3,(H,34,35,36). The first-order chi connectivity index (χ1) is 17.8. The number of unbranched alkanes of at least 4 members (excludes halogenated alkanes) is 18. The van der Waals surface area contributed by atoms with E-state index in [4.69, 9.17) is 0 Å². The van der Waals surface area contributed by atoms with Crippen LogP contribution in [0.5, 0.6) is 0 Å². The summed E-state index contributed by atoms with van der Waals surface area (Å²) in [5.74, 6) is 0.248. The van der Waals surface area contributed by atoms with Crippen LogP contribution in [0.15, 0.2) is 17.0 Å². The summed E-state index contributed by atoms with van der Waals surface area (Å²) in [6, 6.07) is 3.63. The highest BCUT2D eigenvalue weighted by atomic mass is 32.2. The molecule has 37 heavy (non-hydrogen) atoms. The van der Waals surface area contributed by atoms with Crippen molar-refractivity contribution in [2.45, 2.75) is 180 Å². The molecular formula is C33H60O3S. The third-order valence-corrected chi connectivity index (χ3v) is 8.78. The molecule has 0 aliphatic carbocycles. The maximum Gasteiger partial charge on any atom is 0.294 e. The fourth-order valence-electron chi connectivity index (χ4n) is 5.72. The second-order valence-corrected chi connectivity index (χ2v) is 13.0. The maximum atomic E-state index is 12.2. The molecular weight excluding hydrogens is 476 g/mol. The van der Waals surface area contributed by atoms with Crippen molar-refractivity contribution in [3.05, 3.63) is 28.8 Å². The Morgan fingerprint density at radius 1 is 0.595 bits per heavy atom. The van der Waals surface area contributed by atoms with Crippen molar-refractivity contribution in [2.75, 3.05) is 0 Å². The molecule has 4 heteroatoms. The number of hydrogen-bond donors (Lipinski definition) is 1. The largest absolute Gasteiger partial charge is 0.294 e. The lowest BCUT2D eigenvalue weighted by Crippen LogP contribution is -2.11. The van der Waals surface area contributed by atoms with Crippen molar-refractivity contribution in [1.82, 2.24) is 0 Å². The van der Waals surface area contributed by atoms with Crippen LogP contribution in [0.2, 0.25) is 0 Å². The summed E-state index contributed by atoms with van der Waals surface area (Å²) in [7, 11) is -4.21. The molecule has 1 N–H and O–H groups in total. The lowest BCUT2D eigenvalue weighted by atomic mass is 9.87. The van der Waals surface area contributed by atoms with Gasteiger partial charge < -0.3 is 0 Å². The van der Waals surface area contributed by atoms with Crippen molar-refractivity contribution in [3.63, 3.8) is 0 Å². The van der Waals surface area contributed by atoms with Gasteiger partial charge in [-0.15, -0.1) is 0 Å². The highest BCUT2D eigenvalue weighted by Crippen LogP contribution is 2.32. The molecule has 0 atom stereocenters. The summed E-state index contributed by atoms with van der Waals surface area (Å²) < 4.78 is 34.4. The van der Waals surface area contributed by atoms with E-state index in [9.17, 15) is 13.0 Å². The van der Waals surface area contributed by atoms with Crippen LogP contribution in [0.25, 0.3) is 0 Å². The van der Waals surface area contributed by atoms with Crippen molar-refractivity contribution in [3.8, 4) is 0 Å². The van der Waals surface area contributed by atoms with Gasteiger partial charge in [-0.2, -0.15) is 8.42 Å². The highest BCUT2D eigenvalue weighted by Gasteiger charge is 2.22. The molecule has 0 spiro atoms. The van der Waals surface area contributed by atoms with Crippen molar-refractivity contribution >= 4 is 10.1 Å². The van der Waals surface area contributed by atoms with Gasteiger partial charge in [-0.1, -0.05) is 149 Å². The van der Waals surface area contributed by atoms with E-state index >= 15 is 0 Å². The zero-order valence-electron chi connectivity index (χ0n) is 25.0. The molecule has 0 bridgehead atoms. The molecule has 0 radical (unpaired) electrons. The minimum absolute atomic E-state index is 0.138. The van der Waals surface area contributed by atoms with E-state index in [1.54, 1.807) is 6.07 Å². The molecule has 0 aliphatic heterocycles. The Kier molecular flexibility index (Phi) is 19.4. The minimum atomic E-state index is -4.21. The average molecular weight is 537 g/mol. The fourth-order valence-corrected chi connectivity index (χ4v) is 6.49. The molecule has 1 aromatic rings.